The molecule has 0 spiro atoms. The highest BCUT2D eigenvalue weighted by atomic mass is 15.2. The maximum atomic E-state index is 4.11. The first-order valence-electron chi connectivity index (χ1n) is 5.27. The molecule has 66 valence electrons. The highest BCUT2D eigenvalue weighted by molar-refractivity contribution is 5.13. The molecule has 0 aromatic carbocycles. The molecule has 1 saturated carbocycles. The van der Waals surface area contributed by atoms with E-state index in [0.717, 1.165) is 18.0 Å². The molecule has 0 unspecified atom stereocenters. The second-order valence-electron chi connectivity index (χ2n) is 4.76. The van der Waals surface area contributed by atoms with Crippen LogP contribution in [-0.2, 0) is 0 Å². The van der Waals surface area contributed by atoms with E-state index in [-0.39, 0.29) is 0 Å². The predicted molar refractivity (Wildman–Crippen MR) is 50.0 cm³/mol. The zero-order valence-electron chi connectivity index (χ0n) is 7.63. The second-order valence-corrected chi connectivity index (χ2v) is 4.76. The molecule has 12 heavy (non-hydrogen) atoms. The van der Waals surface area contributed by atoms with Gasteiger partial charge in [-0.05, 0) is 38.0 Å². The third-order valence-electron chi connectivity index (χ3n) is 3.79. The SMILES string of the molecule is C=C1C[C@@H]2CC[C@@H](C3CC3)N2C1. The molecule has 2 heterocycles. The van der Waals surface area contributed by atoms with Crippen LogP contribution in [0.3, 0.4) is 0 Å². The molecule has 0 aromatic rings. The van der Waals surface area contributed by atoms with Crippen LogP contribution < -0.4 is 0 Å². The Morgan fingerprint density at radius 3 is 2.75 bits per heavy atom. The number of fused-ring (bicyclic) bond motifs is 1. The average molecular weight is 163 g/mol. The summed E-state index contributed by atoms with van der Waals surface area (Å²) in [6.07, 6.45) is 7.22. The molecule has 3 rings (SSSR count). The van der Waals surface area contributed by atoms with Gasteiger partial charge >= 0.3 is 0 Å². The number of nitrogens with zero attached hydrogens (tertiary/aromatic N) is 1. The van der Waals surface area contributed by atoms with E-state index in [9.17, 15) is 0 Å². The minimum Gasteiger partial charge on any atom is -0.293 e. The Labute approximate surface area is 74.4 Å². The molecule has 0 N–H and O–H groups in total. The monoisotopic (exact) mass is 163 g/mol. The predicted octanol–water partition coefficient (Wildman–Crippen LogP) is 2.19. The van der Waals surface area contributed by atoms with Crippen molar-refractivity contribution in [3.63, 3.8) is 0 Å². The van der Waals surface area contributed by atoms with Gasteiger partial charge in [0.05, 0.1) is 0 Å². The summed E-state index contributed by atoms with van der Waals surface area (Å²) < 4.78 is 0. The zero-order valence-corrected chi connectivity index (χ0v) is 7.63. The lowest BCUT2D eigenvalue weighted by Gasteiger charge is -2.22. The van der Waals surface area contributed by atoms with Crippen molar-refractivity contribution in [2.75, 3.05) is 6.54 Å². The van der Waals surface area contributed by atoms with Crippen LogP contribution in [0.5, 0.6) is 0 Å². The van der Waals surface area contributed by atoms with Crippen LogP contribution in [0.1, 0.15) is 32.1 Å². The lowest BCUT2D eigenvalue weighted by Crippen LogP contribution is -2.32. The summed E-state index contributed by atoms with van der Waals surface area (Å²) in [5.41, 5.74) is 1.48. The molecule has 3 fully saturated rings. The van der Waals surface area contributed by atoms with Crippen molar-refractivity contribution in [2.24, 2.45) is 5.92 Å². The number of rotatable bonds is 1. The summed E-state index contributed by atoms with van der Waals surface area (Å²) in [5.74, 6) is 1.07. The van der Waals surface area contributed by atoms with E-state index in [0.29, 0.717) is 0 Å². The van der Waals surface area contributed by atoms with Crippen LogP contribution in [0.15, 0.2) is 12.2 Å². The van der Waals surface area contributed by atoms with E-state index >= 15 is 0 Å². The van der Waals surface area contributed by atoms with Gasteiger partial charge in [-0.15, -0.1) is 0 Å². The van der Waals surface area contributed by atoms with Crippen LogP contribution in [0.4, 0.5) is 0 Å². The van der Waals surface area contributed by atoms with E-state index < -0.39 is 0 Å². The molecule has 0 radical (unpaired) electrons. The Morgan fingerprint density at radius 1 is 1.17 bits per heavy atom. The van der Waals surface area contributed by atoms with E-state index in [1.165, 1.54) is 44.2 Å². The number of hydrogen-bond donors (Lipinski definition) is 0. The van der Waals surface area contributed by atoms with Crippen molar-refractivity contribution in [3.05, 3.63) is 12.2 Å². The lowest BCUT2D eigenvalue weighted by atomic mass is 10.1. The minimum atomic E-state index is 0.892. The molecule has 1 nitrogen and oxygen atoms in total. The van der Waals surface area contributed by atoms with Gasteiger partial charge in [-0.1, -0.05) is 12.2 Å². The maximum absolute atomic E-state index is 4.11. The van der Waals surface area contributed by atoms with Gasteiger partial charge in [0.2, 0.25) is 0 Å². The standard InChI is InChI=1S/C11H17N/c1-8-6-10-4-5-11(9-2-3-9)12(10)7-8/h9-11H,1-7H2/t10-,11-/m0/s1. The Kier molecular flexibility index (Phi) is 1.40. The van der Waals surface area contributed by atoms with Gasteiger partial charge < -0.3 is 0 Å². The summed E-state index contributed by atoms with van der Waals surface area (Å²) in [4.78, 5) is 2.74. The summed E-state index contributed by atoms with van der Waals surface area (Å²) in [5, 5.41) is 0. The van der Waals surface area contributed by atoms with E-state index in [1.807, 2.05) is 0 Å². The van der Waals surface area contributed by atoms with Crippen molar-refractivity contribution >= 4 is 0 Å². The van der Waals surface area contributed by atoms with Crippen molar-refractivity contribution in [1.29, 1.82) is 0 Å². The van der Waals surface area contributed by atoms with Crippen LogP contribution in [0, 0.1) is 5.92 Å². The average Bonchev–Trinajstić information content (AvgIpc) is 2.69. The van der Waals surface area contributed by atoms with Crippen LogP contribution in [0.25, 0.3) is 0 Å². The van der Waals surface area contributed by atoms with Gasteiger partial charge in [0, 0.05) is 18.6 Å². The molecule has 1 heteroatoms. The van der Waals surface area contributed by atoms with E-state index in [1.54, 1.807) is 0 Å². The third-order valence-corrected chi connectivity index (χ3v) is 3.79. The fraction of sp³-hybridized carbons (Fsp3) is 0.818. The van der Waals surface area contributed by atoms with Gasteiger partial charge in [-0.3, -0.25) is 4.90 Å². The molecular formula is C11H17N. The van der Waals surface area contributed by atoms with Gasteiger partial charge in [0.25, 0.3) is 0 Å². The molecule has 2 saturated heterocycles. The molecule has 1 aliphatic carbocycles. The van der Waals surface area contributed by atoms with Crippen molar-refractivity contribution in [1.82, 2.24) is 4.90 Å². The number of hydrogen-bond acceptors (Lipinski definition) is 1. The summed E-state index contributed by atoms with van der Waals surface area (Å²) in [6.45, 7) is 5.32. The quantitative estimate of drug-likeness (QED) is 0.536. The molecule has 3 aliphatic rings. The van der Waals surface area contributed by atoms with Gasteiger partial charge in [0.1, 0.15) is 0 Å². The van der Waals surface area contributed by atoms with E-state index in [4.69, 9.17) is 0 Å². The van der Waals surface area contributed by atoms with E-state index in [2.05, 4.69) is 11.5 Å². The normalized spacial score (nSPS) is 42.2. The summed E-state index contributed by atoms with van der Waals surface area (Å²) in [6, 6.07) is 1.84. The van der Waals surface area contributed by atoms with Crippen molar-refractivity contribution in [3.8, 4) is 0 Å². The van der Waals surface area contributed by atoms with Crippen molar-refractivity contribution < 1.29 is 0 Å². The largest absolute Gasteiger partial charge is 0.293 e. The summed E-state index contributed by atoms with van der Waals surface area (Å²) >= 11 is 0. The van der Waals surface area contributed by atoms with Crippen molar-refractivity contribution in [2.45, 2.75) is 44.2 Å². The summed E-state index contributed by atoms with van der Waals surface area (Å²) in [7, 11) is 0. The first-order valence-corrected chi connectivity index (χ1v) is 5.27. The van der Waals surface area contributed by atoms with Crippen LogP contribution >= 0.6 is 0 Å². The van der Waals surface area contributed by atoms with Gasteiger partial charge in [0.15, 0.2) is 0 Å². The van der Waals surface area contributed by atoms with Crippen LogP contribution in [0.2, 0.25) is 0 Å². The zero-order chi connectivity index (χ0) is 8.13. The van der Waals surface area contributed by atoms with Gasteiger partial charge in [-0.25, -0.2) is 0 Å². The van der Waals surface area contributed by atoms with Gasteiger partial charge in [-0.2, -0.15) is 0 Å². The third kappa shape index (κ3) is 0.957. The Morgan fingerprint density at radius 2 is 2.00 bits per heavy atom. The topological polar surface area (TPSA) is 3.24 Å². The molecule has 2 atom stereocenters. The molecule has 0 bridgehead atoms. The smallest absolute Gasteiger partial charge is 0.0196 e. The molecular weight excluding hydrogens is 146 g/mol. The Bertz CT molecular complexity index is 217. The first kappa shape index (κ1) is 7.14. The Balaban J connectivity index is 1.77. The molecule has 0 aromatic heterocycles. The van der Waals surface area contributed by atoms with Crippen LogP contribution in [-0.4, -0.2) is 23.5 Å². The fourth-order valence-corrected chi connectivity index (χ4v) is 3.07. The molecule has 0 amide bonds. The fourth-order valence-electron chi connectivity index (χ4n) is 3.07. The first-order chi connectivity index (χ1) is 5.84. The Hall–Kier alpha value is -0.300. The second kappa shape index (κ2) is 2.35. The lowest BCUT2D eigenvalue weighted by molar-refractivity contribution is 0.228. The molecule has 2 aliphatic heterocycles. The minimum absolute atomic E-state index is 0.892. The highest BCUT2D eigenvalue weighted by Gasteiger charge is 2.44. The maximum Gasteiger partial charge on any atom is 0.0196 e. The highest BCUT2D eigenvalue weighted by Crippen LogP contribution is 2.45.